The van der Waals surface area contributed by atoms with Crippen LogP contribution in [0.1, 0.15) is 43.0 Å². The minimum Gasteiger partial charge on any atom is -0.481 e. The van der Waals surface area contributed by atoms with Gasteiger partial charge in [-0.15, -0.1) is 0 Å². The normalized spacial score (nSPS) is 11.2. The molecule has 0 N–H and O–H groups in total. The van der Waals surface area contributed by atoms with Crippen molar-refractivity contribution in [3.8, 4) is 11.5 Å². The number of hydrogen-bond acceptors (Lipinski definition) is 3. The fourth-order valence-electron chi connectivity index (χ4n) is 2.63. The number of rotatable bonds is 4. The first kappa shape index (κ1) is 18.1. The van der Waals surface area contributed by atoms with E-state index in [2.05, 4.69) is 26.8 Å². The second-order valence-electron chi connectivity index (χ2n) is 7.23. The molecule has 0 aliphatic heterocycles. The Bertz CT molecular complexity index is 719. The summed E-state index contributed by atoms with van der Waals surface area (Å²) in [4.78, 5) is 12.2. The number of benzene rings is 2. The molecule has 0 amide bonds. The van der Waals surface area contributed by atoms with Crippen LogP contribution >= 0.6 is 0 Å². The second-order valence-corrected chi connectivity index (χ2v) is 7.23. The van der Waals surface area contributed by atoms with Crippen molar-refractivity contribution in [2.45, 2.75) is 47.0 Å². The van der Waals surface area contributed by atoms with E-state index in [9.17, 15) is 4.79 Å². The van der Waals surface area contributed by atoms with Crippen molar-refractivity contribution in [3.63, 3.8) is 0 Å². The van der Waals surface area contributed by atoms with Crippen molar-refractivity contribution < 1.29 is 14.3 Å². The maximum Gasteiger partial charge on any atom is 0.349 e. The lowest BCUT2D eigenvalue weighted by Crippen LogP contribution is -2.21. The maximum atomic E-state index is 12.2. The lowest BCUT2D eigenvalue weighted by Gasteiger charge is -2.23. The quantitative estimate of drug-likeness (QED) is 0.592. The molecule has 3 nitrogen and oxygen atoms in total. The molecule has 0 spiro atoms. The highest BCUT2D eigenvalue weighted by atomic mass is 16.6. The van der Waals surface area contributed by atoms with Gasteiger partial charge in [0.05, 0.1) is 0 Å². The third-order valence-electron chi connectivity index (χ3n) is 3.91. The van der Waals surface area contributed by atoms with Crippen molar-refractivity contribution >= 4 is 5.97 Å². The van der Waals surface area contributed by atoms with Gasteiger partial charge in [-0.25, -0.2) is 4.79 Å². The highest BCUT2D eigenvalue weighted by Gasteiger charge is 2.21. The summed E-state index contributed by atoms with van der Waals surface area (Å²) < 4.78 is 11.2. The van der Waals surface area contributed by atoms with Gasteiger partial charge in [0.1, 0.15) is 11.5 Å². The van der Waals surface area contributed by atoms with Crippen LogP contribution in [0.2, 0.25) is 0 Å². The van der Waals surface area contributed by atoms with Crippen molar-refractivity contribution in [3.05, 3.63) is 58.7 Å². The van der Waals surface area contributed by atoms with Gasteiger partial charge in [0.25, 0.3) is 0 Å². The zero-order valence-corrected chi connectivity index (χ0v) is 15.4. The Labute approximate surface area is 144 Å². The summed E-state index contributed by atoms with van der Waals surface area (Å²) in [5, 5.41) is 0. The molecule has 0 fully saturated rings. The lowest BCUT2D eigenvalue weighted by atomic mass is 9.85. The van der Waals surface area contributed by atoms with E-state index >= 15 is 0 Å². The molecule has 128 valence electrons. The number of aryl methyl sites for hydroxylation is 3. The summed E-state index contributed by atoms with van der Waals surface area (Å²) in [6.07, 6.45) is 0. The molecule has 0 saturated carbocycles. The molecule has 3 heteroatoms. The van der Waals surface area contributed by atoms with Crippen LogP contribution in [-0.4, -0.2) is 12.6 Å². The summed E-state index contributed by atoms with van der Waals surface area (Å²) in [7, 11) is 0. The van der Waals surface area contributed by atoms with E-state index in [-0.39, 0.29) is 12.0 Å². The van der Waals surface area contributed by atoms with E-state index in [1.807, 2.05) is 51.1 Å². The third kappa shape index (κ3) is 4.38. The molecule has 0 aromatic heterocycles. The Balaban J connectivity index is 2.11. The van der Waals surface area contributed by atoms with Crippen LogP contribution in [0.4, 0.5) is 0 Å². The largest absolute Gasteiger partial charge is 0.481 e. The molecule has 0 atom stereocenters. The first-order valence-corrected chi connectivity index (χ1v) is 8.19. The van der Waals surface area contributed by atoms with Crippen LogP contribution in [0.3, 0.4) is 0 Å². The van der Waals surface area contributed by atoms with Crippen LogP contribution in [0.5, 0.6) is 11.5 Å². The van der Waals surface area contributed by atoms with E-state index in [1.165, 1.54) is 0 Å². The minimum absolute atomic E-state index is 0.102. The molecule has 0 aliphatic rings. The van der Waals surface area contributed by atoms with E-state index in [1.54, 1.807) is 0 Å². The smallest absolute Gasteiger partial charge is 0.349 e. The molecule has 2 aromatic carbocycles. The Morgan fingerprint density at radius 2 is 1.62 bits per heavy atom. The van der Waals surface area contributed by atoms with Gasteiger partial charge in [-0.2, -0.15) is 0 Å². The zero-order valence-electron chi connectivity index (χ0n) is 15.4. The van der Waals surface area contributed by atoms with Crippen molar-refractivity contribution in [2.24, 2.45) is 0 Å². The average Bonchev–Trinajstić information content (AvgIpc) is 2.47. The first-order chi connectivity index (χ1) is 11.2. The molecule has 24 heavy (non-hydrogen) atoms. The molecular weight excluding hydrogens is 300 g/mol. The molecule has 0 radical (unpaired) electrons. The van der Waals surface area contributed by atoms with Gasteiger partial charge in [-0.3, -0.25) is 0 Å². The highest BCUT2D eigenvalue weighted by Crippen LogP contribution is 2.32. The average molecular weight is 326 g/mol. The van der Waals surface area contributed by atoms with Gasteiger partial charge in [0, 0.05) is 5.56 Å². The van der Waals surface area contributed by atoms with E-state index in [4.69, 9.17) is 9.47 Å². The van der Waals surface area contributed by atoms with Crippen molar-refractivity contribution in [1.29, 1.82) is 0 Å². The van der Waals surface area contributed by atoms with Gasteiger partial charge in [-0.1, -0.05) is 56.7 Å². The topological polar surface area (TPSA) is 35.5 Å². The number of carbonyl (C=O) groups excluding carboxylic acids is 1. The zero-order chi connectivity index (χ0) is 17.9. The fourth-order valence-corrected chi connectivity index (χ4v) is 2.63. The predicted molar refractivity (Wildman–Crippen MR) is 96.9 cm³/mol. The summed E-state index contributed by atoms with van der Waals surface area (Å²) >= 11 is 0. The van der Waals surface area contributed by atoms with Gasteiger partial charge >= 0.3 is 5.97 Å². The summed E-state index contributed by atoms with van der Waals surface area (Å²) in [6, 6.07) is 11.8. The van der Waals surface area contributed by atoms with Gasteiger partial charge < -0.3 is 9.47 Å². The van der Waals surface area contributed by atoms with Crippen LogP contribution < -0.4 is 9.47 Å². The molecule has 0 aliphatic carbocycles. The van der Waals surface area contributed by atoms with Crippen LogP contribution in [0, 0.1) is 20.8 Å². The number of carbonyl (C=O) groups is 1. The Morgan fingerprint density at radius 1 is 1.00 bits per heavy atom. The standard InChI is InChI=1S/C21H26O3/c1-14-10-11-18(17(12-14)21(4,5)6)24-19(22)13-23-20-15(2)8-7-9-16(20)3/h7-12H,13H2,1-6H3. The minimum atomic E-state index is -0.396. The molecule has 2 rings (SSSR count). The van der Waals surface area contributed by atoms with Crippen molar-refractivity contribution in [2.75, 3.05) is 6.61 Å². The highest BCUT2D eigenvalue weighted by molar-refractivity contribution is 5.74. The first-order valence-electron chi connectivity index (χ1n) is 8.19. The Kier molecular flexibility index (Phi) is 5.33. The number of esters is 1. The number of ether oxygens (including phenoxy) is 2. The Morgan fingerprint density at radius 3 is 2.21 bits per heavy atom. The summed E-state index contributed by atoms with van der Waals surface area (Å²) in [5.74, 6) is 0.949. The van der Waals surface area contributed by atoms with Crippen LogP contribution in [0.15, 0.2) is 36.4 Å². The molecule has 2 aromatic rings. The van der Waals surface area contributed by atoms with Crippen LogP contribution in [0.25, 0.3) is 0 Å². The Hall–Kier alpha value is -2.29. The van der Waals surface area contributed by atoms with Gasteiger partial charge in [0.15, 0.2) is 6.61 Å². The lowest BCUT2D eigenvalue weighted by molar-refractivity contribution is -0.136. The van der Waals surface area contributed by atoms with Crippen molar-refractivity contribution in [1.82, 2.24) is 0 Å². The summed E-state index contributed by atoms with van der Waals surface area (Å²) in [6.45, 7) is 12.2. The predicted octanol–water partition coefficient (Wildman–Crippen LogP) is 4.89. The number of hydrogen-bond donors (Lipinski definition) is 0. The molecule has 0 bridgehead atoms. The second kappa shape index (κ2) is 7.08. The number of para-hydroxylation sites is 1. The monoisotopic (exact) mass is 326 g/mol. The van der Waals surface area contributed by atoms with E-state index < -0.39 is 5.97 Å². The molecule has 0 unspecified atom stereocenters. The fraction of sp³-hybridized carbons (Fsp3) is 0.381. The third-order valence-corrected chi connectivity index (χ3v) is 3.91. The molecule has 0 saturated heterocycles. The van der Waals surface area contributed by atoms with Gasteiger partial charge in [0.2, 0.25) is 0 Å². The SMILES string of the molecule is Cc1ccc(OC(=O)COc2c(C)cccc2C)c(C(C)(C)C)c1. The van der Waals surface area contributed by atoms with E-state index in [0.717, 1.165) is 28.0 Å². The maximum absolute atomic E-state index is 12.2. The summed E-state index contributed by atoms with van der Waals surface area (Å²) in [5.41, 5.74) is 4.08. The molecular formula is C21H26O3. The van der Waals surface area contributed by atoms with Crippen LogP contribution in [-0.2, 0) is 10.2 Å². The van der Waals surface area contributed by atoms with Gasteiger partial charge in [-0.05, 0) is 43.4 Å². The van der Waals surface area contributed by atoms with E-state index in [0.29, 0.717) is 5.75 Å². The molecule has 0 heterocycles.